The lowest BCUT2D eigenvalue weighted by Gasteiger charge is -2.15. The molecule has 0 aliphatic carbocycles. The molecule has 4 atom stereocenters. The van der Waals surface area contributed by atoms with Crippen molar-refractivity contribution in [1.29, 1.82) is 0 Å². The van der Waals surface area contributed by atoms with Gasteiger partial charge in [-0.2, -0.15) is 0 Å². The van der Waals surface area contributed by atoms with Crippen molar-refractivity contribution in [1.82, 2.24) is 0 Å². The third-order valence-electron chi connectivity index (χ3n) is 5.55. The summed E-state index contributed by atoms with van der Waals surface area (Å²) in [6.07, 6.45) is 2.85. The van der Waals surface area contributed by atoms with Crippen molar-refractivity contribution in [3.63, 3.8) is 0 Å². The summed E-state index contributed by atoms with van der Waals surface area (Å²) in [5.41, 5.74) is 2.37. The Kier molecular flexibility index (Phi) is 4.19. The summed E-state index contributed by atoms with van der Waals surface area (Å²) in [6, 6.07) is 8.75. The molecule has 6 nitrogen and oxygen atoms in total. The number of hydrogen-bond acceptors (Lipinski definition) is 6. The van der Waals surface area contributed by atoms with Crippen molar-refractivity contribution in [3.8, 4) is 11.5 Å². The van der Waals surface area contributed by atoms with Crippen molar-refractivity contribution in [2.45, 2.75) is 37.3 Å². The van der Waals surface area contributed by atoms with Crippen LogP contribution in [0, 0.1) is 0 Å². The maximum absolute atomic E-state index is 6.10. The Balaban J connectivity index is 1.34. The molecule has 148 valence electrons. The van der Waals surface area contributed by atoms with E-state index in [9.17, 15) is 0 Å². The summed E-state index contributed by atoms with van der Waals surface area (Å²) in [5.74, 6) is 1.87. The van der Waals surface area contributed by atoms with E-state index in [1.54, 1.807) is 0 Å². The third kappa shape index (κ3) is 4.10. The van der Waals surface area contributed by atoms with Gasteiger partial charge in [-0.05, 0) is 46.2 Å². The molecule has 6 heteroatoms. The molecule has 4 saturated heterocycles. The third-order valence-corrected chi connectivity index (χ3v) is 5.55. The topological polar surface area (TPSA) is 68.6 Å². The Morgan fingerprint density at radius 1 is 0.607 bits per heavy atom. The standard InChI is InChI=1S/C22H24O6/c1-13-5-22(28-12-20-10-26-20)16(4-18-8-24-18)2-14(13)6-21(27-11-19-9-25-19)15(1)3-17-7-23-17/h1-2,5-6,17-20H,3-4,7-12H2. The van der Waals surface area contributed by atoms with E-state index in [4.69, 9.17) is 28.4 Å². The second kappa shape index (κ2) is 6.88. The molecule has 2 aromatic rings. The van der Waals surface area contributed by atoms with Gasteiger partial charge in [-0.3, -0.25) is 0 Å². The largest absolute Gasteiger partial charge is 0.490 e. The summed E-state index contributed by atoms with van der Waals surface area (Å²) in [7, 11) is 0. The summed E-state index contributed by atoms with van der Waals surface area (Å²) < 4.78 is 33.7. The molecule has 0 radical (unpaired) electrons. The van der Waals surface area contributed by atoms with Crippen LogP contribution < -0.4 is 9.47 Å². The van der Waals surface area contributed by atoms with Crippen LogP contribution in [0.4, 0.5) is 0 Å². The molecular formula is C22H24O6. The minimum absolute atomic E-state index is 0.240. The Labute approximate surface area is 163 Å². The fourth-order valence-corrected chi connectivity index (χ4v) is 3.55. The number of fused-ring (bicyclic) bond motifs is 1. The second-order valence-corrected chi connectivity index (χ2v) is 8.12. The highest BCUT2D eigenvalue weighted by Gasteiger charge is 2.29. The molecule has 4 aliphatic rings. The van der Waals surface area contributed by atoms with Crippen molar-refractivity contribution in [2.75, 3.05) is 39.6 Å². The summed E-state index contributed by atoms with van der Waals surface area (Å²) >= 11 is 0. The average molecular weight is 384 g/mol. The zero-order valence-corrected chi connectivity index (χ0v) is 15.7. The molecular weight excluding hydrogens is 360 g/mol. The van der Waals surface area contributed by atoms with Gasteiger partial charge in [0.05, 0.1) is 38.6 Å². The summed E-state index contributed by atoms with van der Waals surface area (Å²) in [4.78, 5) is 0. The molecule has 0 saturated carbocycles. The van der Waals surface area contributed by atoms with Crippen LogP contribution in [0.5, 0.6) is 11.5 Å². The van der Waals surface area contributed by atoms with Gasteiger partial charge >= 0.3 is 0 Å². The predicted molar refractivity (Wildman–Crippen MR) is 101 cm³/mol. The molecule has 0 N–H and O–H groups in total. The van der Waals surface area contributed by atoms with Crippen molar-refractivity contribution in [2.24, 2.45) is 0 Å². The summed E-state index contributed by atoms with van der Waals surface area (Å²) in [5, 5.41) is 2.33. The van der Waals surface area contributed by atoms with Gasteiger partial charge in [-0.15, -0.1) is 0 Å². The fourth-order valence-electron chi connectivity index (χ4n) is 3.55. The zero-order chi connectivity index (χ0) is 18.5. The average Bonchev–Trinajstić information content (AvgIpc) is 3.54. The number of epoxide rings is 4. The highest BCUT2D eigenvalue weighted by atomic mass is 16.6. The van der Waals surface area contributed by atoms with Gasteiger partial charge in [-0.25, -0.2) is 0 Å². The molecule has 4 fully saturated rings. The Morgan fingerprint density at radius 2 is 1.00 bits per heavy atom. The van der Waals surface area contributed by atoms with Crippen LogP contribution >= 0.6 is 0 Å². The van der Waals surface area contributed by atoms with Gasteiger partial charge in [0.15, 0.2) is 0 Å². The molecule has 4 unspecified atom stereocenters. The molecule has 28 heavy (non-hydrogen) atoms. The number of benzene rings is 2. The Morgan fingerprint density at radius 3 is 1.36 bits per heavy atom. The first-order chi connectivity index (χ1) is 13.8. The smallest absolute Gasteiger partial charge is 0.123 e. The molecule has 2 aromatic carbocycles. The lowest BCUT2D eigenvalue weighted by molar-refractivity contribution is 0.260. The number of rotatable bonds is 10. The molecule has 6 rings (SSSR count). The minimum atomic E-state index is 0.240. The van der Waals surface area contributed by atoms with Crippen molar-refractivity contribution < 1.29 is 28.4 Å². The quantitative estimate of drug-likeness (QED) is 0.586. The fraction of sp³-hybridized carbons (Fsp3) is 0.545. The molecule has 4 aliphatic heterocycles. The molecule has 0 amide bonds. The van der Waals surface area contributed by atoms with Crippen LogP contribution in [-0.4, -0.2) is 64.1 Å². The van der Waals surface area contributed by atoms with Gasteiger partial charge in [0.1, 0.15) is 36.9 Å². The predicted octanol–water partition coefficient (Wildman–Crippen LogP) is 2.28. The van der Waals surface area contributed by atoms with Crippen LogP contribution in [0.1, 0.15) is 11.1 Å². The molecule has 0 aromatic heterocycles. The number of hydrogen-bond donors (Lipinski definition) is 0. The van der Waals surface area contributed by atoms with Gasteiger partial charge in [-0.1, -0.05) is 0 Å². The summed E-state index contributed by atoms with van der Waals surface area (Å²) in [6.45, 7) is 4.47. The van der Waals surface area contributed by atoms with Crippen LogP contribution in [0.25, 0.3) is 10.8 Å². The maximum atomic E-state index is 6.10. The van der Waals surface area contributed by atoms with Gasteiger partial charge in [0.2, 0.25) is 0 Å². The van der Waals surface area contributed by atoms with E-state index in [1.165, 1.54) is 11.1 Å². The van der Waals surface area contributed by atoms with Gasteiger partial charge in [0, 0.05) is 12.8 Å². The monoisotopic (exact) mass is 384 g/mol. The first kappa shape index (κ1) is 17.0. The molecule has 4 heterocycles. The van der Waals surface area contributed by atoms with E-state index in [2.05, 4.69) is 24.3 Å². The Bertz CT molecular complexity index is 807. The second-order valence-electron chi connectivity index (χ2n) is 8.12. The lowest BCUT2D eigenvalue weighted by Crippen LogP contribution is -2.08. The van der Waals surface area contributed by atoms with E-state index in [0.717, 1.165) is 61.5 Å². The van der Waals surface area contributed by atoms with Crippen molar-refractivity contribution in [3.05, 3.63) is 35.4 Å². The van der Waals surface area contributed by atoms with Gasteiger partial charge in [0.25, 0.3) is 0 Å². The van der Waals surface area contributed by atoms with Crippen LogP contribution in [0.3, 0.4) is 0 Å². The van der Waals surface area contributed by atoms with E-state index in [0.29, 0.717) is 25.4 Å². The van der Waals surface area contributed by atoms with Crippen LogP contribution in [-0.2, 0) is 31.8 Å². The number of ether oxygens (including phenoxy) is 6. The van der Waals surface area contributed by atoms with E-state index < -0.39 is 0 Å². The van der Waals surface area contributed by atoms with Gasteiger partial charge < -0.3 is 28.4 Å². The SMILES string of the molecule is c1c(CC2CO2)c(OCC2CO2)cc2cc(CC3CO3)c(OCC3CO3)cc12. The van der Waals surface area contributed by atoms with E-state index in [-0.39, 0.29) is 12.2 Å². The van der Waals surface area contributed by atoms with Crippen LogP contribution in [0.15, 0.2) is 24.3 Å². The minimum Gasteiger partial charge on any atom is -0.490 e. The first-order valence-electron chi connectivity index (χ1n) is 10.1. The highest BCUT2D eigenvalue weighted by molar-refractivity contribution is 5.87. The Hall–Kier alpha value is -1.86. The zero-order valence-electron chi connectivity index (χ0n) is 15.7. The van der Waals surface area contributed by atoms with Crippen molar-refractivity contribution >= 4 is 10.8 Å². The van der Waals surface area contributed by atoms with E-state index in [1.807, 2.05) is 0 Å². The lowest BCUT2D eigenvalue weighted by atomic mass is 9.98. The molecule has 0 bridgehead atoms. The highest BCUT2D eigenvalue weighted by Crippen LogP contribution is 2.35. The normalized spacial score (nSPS) is 29.6. The first-order valence-corrected chi connectivity index (χ1v) is 10.1. The maximum Gasteiger partial charge on any atom is 0.123 e. The molecule has 0 spiro atoms. The van der Waals surface area contributed by atoms with Crippen LogP contribution in [0.2, 0.25) is 0 Å². The van der Waals surface area contributed by atoms with E-state index >= 15 is 0 Å².